The molecule has 0 unspecified atom stereocenters. The van der Waals surface area contributed by atoms with Crippen molar-refractivity contribution in [3.8, 4) is 33.5 Å². The normalized spacial score (nSPS) is 13.8. The molecule has 2 aromatic heterocycles. The summed E-state index contributed by atoms with van der Waals surface area (Å²) in [5.74, 6) is 5.02. The second kappa shape index (κ2) is 7.68. The number of pyridine rings is 1. The van der Waals surface area contributed by atoms with E-state index in [-0.39, 0.29) is 0 Å². The molecule has 174 valence electrons. The van der Waals surface area contributed by atoms with Crippen molar-refractivity contribution in [3.63, 3.8) is 0 Å². The molecule has 0 saturated heterocycles. The standard InChI is InChI=1S/C33H28GeNO/c1-21-15-17-26-25-12-9-11-23(32(25)36-33(26)31(21)30-14-7-8-19-35(30)4)22-16-18-29-27(20-22)24-10-5-6-13-28(24)34(29,2)3/h5-20H,1-4H3/q+1. The van der Waals surface area contributed by atoms with Crippen LogP contribution in [0.25, 0.3) is 55.4 Å². The number of furan rings is 1. The van der Waals surface area contributed by atoms with Crippen LogP contribution in [-0.4, -0.2) is 13.3 Å². The summed E-state index contributed by atoms with van der Waals surface area (Å²) in [6, 6.07) is 33.4. The Kier molecular flexibility index (Phi) is 4.62. The Morgan fingerprint density at radius 2 is 1.42 bits per heavy atom. The van der Waals surface area contributed by atoms with Crippen LogP contribution >= 0.6 is 0 Å². The number of hydrogen-bond donors (Lipinski definition) is 0. The molecule has 0 aliphatic carbocycles. The molecule has 6 aromatic rings. The van der Waals surface area contributed by atoms with Gasteiger partial charge in [0.15, 0.2) is 0 Å². The van der Waals surface area contributed by atoms with E-state index in [0.29, 0.717) is 0 Å². The van der Waals surface area contributed by atoms with Crippen molar-refractivity contribution in [1.82, 2.24) is 0 Å². The molecule has 1 aliphatic rings. The van der Waals surface area contributed by atoms with E-state index < -0.39 is 13.3 Å². The Morgan fingerprint density at radius 3 is 2.28 bits per heavy atom. The summed E-state index contributed by atoms with van der Waals surface area (Å²) in [5.41, 5.74) is 10.7. The monoisotopic (exact) mass is 528 g/mol. The summed E-state index contributed by atoms with van der Waals surface area (Å²) >= 11 is -2.25. The maximum atomic E-state index is 6.79. The Morgan fingerprint density at radius 1 is 0.667 bits per heavy atom. The molecule has 0 spiro atoms. The number of para-hydroxylation sites is 1. The molecule has 1 aliphatic heterocycles. The van der Waals surface area contributed by atoms with Gasteiger partial charge in [-0.1, -0.05) is 0 Å². The van der Waals surface area contributed by atoms with Gasteiger partial charge in [-0.25, -0.2) is 0 Å². The van der Waals surface area contributed by atoms with Gasteiger partial charge in [0.05, 0.1) is 0 Å². The number of nitrogens with zero attached hydrogens (tertiary/aromatic N) is 1. The molecule has 36 heavy (non-hydrogen) atoms. The predicted molar refractivity (Wildman–Crippen MR) is 153 cm³/mol. The fourth-order valence-electron chi connectivity index (χ4n) is 6.18. The first-order valence-corrected chi connectivity index (χ1v) is 18.9. The number of hydrogen-bond acceptors (Lipinski definition) is 1. The molecular formula is C33H28GeNO+. The SMILES string of the molecule is Cc1ccc2c(oc3c(-c4cc[c]5c(c4)-c4cccc[c]4[Ge]5([CH3])[CH3])cccc32)c1-c1cccc[n+]1C. The number of aryl methyl sites for hydroxylation is 2. The number of fused-ring (bicyclic) bond motifs is 6. The Balaban J connectivity index is 1.49. The summed E-state index contributed by atoms with van der Waals surface area (Å²) in [6.07, 6.45) is 2.09. The van der Waals surface area contributed by atoms with Gasteiger partial charge in [0.25, 0.3) is 0 Å². The molecular weight excluding hydrogens is 499 g/mol. The van der Waals surface area contributed by atoms with Crippen LogP contribution in [0, 0.1) is 6.92 Å². The maximum absolute atomic E-state index is 6.79. The van der Waals surface area contributed by atoms with Crippen molar-refractivity contribution in [3.05, 3.63) is 103 Å². The zero-order valence-electron chi connectivity index (χ0n) is 21.1. The fourth-order valence-corrected chi connectivity index (χ4v) is 12.6. The minimum atomic E-state index is -2.25. The fraction of sp³-hybridized carbons (Fsp3) is 0.121. The molecule has 0 amide bonds. The predicted octanol–water partition coefficient (Wildman–Crippen LogP) is 6.86. The average molecular weight is 527 g/mol. The third-order valence-corrected chi connectivity index (χ3v) is 15.6. The molecule has 4 aromatic carbocycles. The molecule has 7 rings (SSSR count). The van der Waals surface area contributed by atoms with Crippen LogP contribution < -0.4 is 13.4 Å². The van der Waals surface area contributed by atoms with Crippen LogP contribution in [0.5, 0.6) is 0 Å². The first-order valence-electron chi connectivity index (χ1n) is 12.6. The van der Waals surface area contributed by atoms with Gasteiger partial charge in [-0.3, -0.25) is 0 Å². The third-order valence-electron chi connectivity index (χ3n) is 8.08. The van der Waals surface area contributed by atoms with Crippen molar-refractivity contribution in [1.29, 1.82) is 0 Å². The first-order chi connectivity index (χ1) is 17.4. The van der Waals surface area contributed by atoms with Gasteiger partial charge >= 0.3 is 209 Å². The summed E-state index contributed by atoms with van der Waals surface area (Å²) in [6.45, 7) is 2.17. The second-order valence-corrected chi connectivity index (χ2v) is 19.6. The van der Waals surface area contributed by atoms with Gasteiger partial charge in [0, 0.05) is 6.07 Å². The average Bonchev–Trinajstić information content (AvgIpc) is 3.37. The van der Waals surface area contributed by atoms with Gasteiger partial charge < -0.3 is 0 Å². The van der Waals surface area contributed by atoms with Crippen molar-refractivity contribution < 1.29 is 8.98 Å². The van der Waals surface area contributed by atoms with Crippen LogP contribution in [0.4, 0.5) is 0 Å². The molecule has 3 heteroatoms. The summed E-state index contributed by atoms with van der Waals surface area (Å²) in [5, 5.41) is 2.33. The summed E-state index contributed by atoms with van der Waals surface area (Å²) < 4.78 is 12.1. The van der Waals surface area contributed by atoms with Gasteiger partial charge in [-0.05, 0) is 0 Å². The van der Waals surface area contributed by atoms with E-state index in [9.17, 15) is 0 Å². The third kappa shape index (κ3) is 2.94. The minimum absolute atomic E-state index is 0.960. The van der Waals surface area contributed by atoms with Crippen molar-refractivity contribution in [2.45, 2.75) is 18.4 Å². The Labute approximate surface area is 214 Å². The van der Waals surface area contributed by atoms with Crippen LogP contribution in [0.1, 0.15) is 5.56 Å². The topological polar surface area (TPSA) is 17.0 Å². The number of rotatable bonds is 2. The number of aromatic nitrogens is 1. The molecule has 0 atom stereocenters. The number of benzene rings is 4. The van der Waals surface area contributed by atoms with Crippen molar-refractivity contribution >= 4 is 44.0 Å². The molecule has 0 saturated carbocycles. The van der Waals surface area contributed by atoms with Crippen LogP contribution in [-0.2, 0) is 7.05 Å². The quantitative estimate of drug-likeness (QED) is 0.178. The van der Waals surface area contributed by atoms with Gasteiger partial charge in [-0.2, -0.15) is 0 Å². The zero-order chi connectivity index (χ0) is 24.6. The molecule has 0 N–H and O–H groups in total. The molecule has 0 fully saturated rings. The molecule has 2 nitrogen and oxygen atoms in total. The van der Waals surface area contributed by atoms with Crippen LogP contribution in [0.2, 0.25) is 11.5 Å². The van der Waals surface area contributed by atoms with Crippen LogP contribution in [0.3, 0.4) is 0 Å². The van der Waals surface area contributed by atoms with Gasteiger partial charge in [-0.15, -0.1) is 0 Å². The Hall–Kier alpha value is -3.63. The van der Waals surface area contributed by atoms with E-state index in [1.165, 1.54) is 33.0 Å². The van der Waals surface area contributed by atoms with Crippen LogP contribution in [0.15, 0.2) is 102 Å². The van der Waals surface area contributed by atoms with E-state index in [2.05, 4.69) is 127 Å². The second-order valence-electron chi connectivity index (χ2n) is 10.5. The van der Waals surface area contributed by atoms with E-state index in [0.717, 1.165) is 28.0 Å². The van der Waals surface area contributed by atoms with E-state index in [4.69, 9.17) is 4.42 Å². The first kappa shape index (κ1) is 21.6. The molecule has 3 heterocycles. The zero-order valence-corrected chi connectivity index (χ0v) is 23.2. The van der Waals surface area contributed by atoms with E-state index >= 15 is 0 Å². The van der Waals surface area contributed by atoms with Gasteiger partial charge in [0.1, 0.15) is 0 Å². The molecule has 0 radical (unpaired) electrons. The van der Waals surface area contributed by atoms with E-state index in [1.807, 2.05) is 0 Å². The van der Waals surface area contributed by atoms with Gasteiger partial charge in [0.2, 0.25) is 0 Å². The summed E-state index contributed by atoms with van der Waals surface area (Å²) in [4.78, 5) is 0. The Bertz CT molecular complexity index is 1840. The van der Waals surface area contributed by atoms with Crippen molar-refractivity contribution in [2.24, 2.45) is 7.05 Å². The van der Waals surface area contributed by atoms with Crippen molar-refractivity contribution in [2.75, 3.05) is 0 Å². The molecule has 0 bridgehead atoms. The summed E-state index contributed by atoms with van der Waals surface area (Å²) in [7, 11) is 2.09. The van der Waals surface area contributed by atoms with E-state index in [1.54, 1.807) is 8.79 Å².